The van der Waals surface area contributed by atoms with Gasteiger partial charge in [-0.05, 0) is 101 Å². The van der Waals surface area contributed by atoms with Gasteiger partial charge in [-0.2, -0.15) is 23.5 Å². The average molecular weight is 592 g/mol. The van der Waals surface area contributed by atoms with Crippen molar-refractivity contribution < 1.29 is 18.0 Å². The molecule has 2 aromatic heterocycles. The second kappa shape index (κ2) is 11.9. The van der Waals surface area contributed by atoms with E-state index < -0.39 is 23.5 Å². The van der Waals surface area contributed by atoms with Crippen molar-refractivity contribution in [3.8, 4) is 28.8 Å². The summed E-state index contributed by atoms with van der Waals surface area (Å²) in [5.74, 6) is 0.521. The Kier molecular flexibility index (Phi) is 8.28. The smallest absolute Gasteiger partial charge is 0.335 e. The van der Waals surface area contributed by atoms with E-state index in [1.54, 1.807) is 37.3 Å². The van der Waals surface area contributed by atoms with Gasteiger partial charge in [0.25, 0.3) is 0 Å². The van der Waals surface area contributed by atoms with Gasteiger partial charge in [-0.25, -0.2) is 18.8 Å². The van der Waals surface area contributed by atoms with Crippen LogP contribution in [-0.4, -0.2) is 56.5 Å². The first kappa shape index (κ1) is 29.8. The van der Waals surface area contributed by atoms with E-state index in [1.807, 2.05) is 14.1 Å². The predicted octanol–water partition coefficient (Wildman–Crippen LogP) is 5.37. The van der Waals surface area contributed by atoms with E-state index in [4.69, 9.17) is 0 Å². The Hall–Kier alpha value is -4.63. The molecule has 0 saturated heterocycles. The number of carbonyl (C=O) groups excluding carboxylic acids is 1. The minimum absolute atomic E-state index is 0.0150. The Labute approximate surface area is 246 Å². The van der Waals surface area contributed by atoms with Gasteiger partial charge in [0.15, 0.2) is 0 Å². The lowest BCUT2D eigenvalue weighted by Gasteiger charge is -2.30. The Bertz CT molecular complexity index is 1720. The van der Waals surface area contributed by atoms with Crippen LogP contribution in [0, 0.1) is 24.2 Å². The van der Waals surface area contributed by atoms with Gasteiger partial charge in [-0.15, -0.1) is 0 Å². The van der Waals surface area contributed by atoms with Gasteiger partial charge in [0.05, 0.1) is 46.2 Å². The Morgan fingerprint density at radius 2 is 1.77 bits per heavy atom. The molecule has 0 bridgehead atoms. The first-order valence-electron chi connectivity index (χ1n) is 14.0. The number of imidazole rings is 1. The highest BCUT2D eigenvalue weighted by Gasteiger charge is 2.32. The van der Waals surface area contributed by atoms with E-state index in [0.29, 0.717) is 22.9 Å². The van der Waals surface area contributed by atoms with Crippen LogP contribution in [0.5, 0.6) is 0 Å². The molecule has 1 amide bonds. The molecule has 1 N–H and O–H groups in total. The standard InChI is InChI=1S/C31H32F3N7O2/c1-20-28(27-15-16-36-41(27)25-13-9-21(18-35)10-14-25)40(29(42)37-24-11-7-22(8-12-24)19-38(2)3)30(43)39(20)26-6-4-5-23(17-26)31(32,33)34/h4-6,9-10,13-17,22,24H,7-8,11-12,19H2,1-3H3,(H,37,42). The molecule has 0 atom stereocenters. The van der Waals surface area contributed by atoms with E-state index >= 15 is 0 Å². The molecule has 12 heteroatoms. The number of aromatic nitrogens is 4. The van der Waals surface area contributed by atoms with E-state index in [-0.39, 0.29) is 23.1 Å². The number of nitrogens with zero attached hydrogens (tertiary/aromatic N) is 6. The van der Waals surface area contributed by atoms with E-state index in [9.17, 15) is 28.0 Å². The molecule has 43 heavy (non-hydrogen) atoms. The first-order chi connectivity index (χ1) is 20.5. The quantitative estimate of drug-likeness (QED) is 0.325. The summed E-state index contributed by atoms with van der Waals surface area (Å²) in [6.45, 7) is 2.55. The zero-order valence-electron chi connectivity index (χ0n) is 24.1. The Balaban J connectivity index is 1.60. The topological polar surface area (TPSA) is 101 Å². The molecule has 1 aliphatic carbocycles. The van der Waals surface area contributed by atoms with Gasteiger partial charge in [0.1, 0.15) is 5.69 Å². The number of carbonyl (C=O) groups is 1. The second-order valence-corrected chi connectivity index (χ2v) is 11.2. The number of nitrogens with one attached hydrogen (secondary N) is 1. The van der Waals surface area contributed by atoms with Gasteiger partial charge >= 0.3 is 17.9 Å². The van der Waals surface area contributed by atoms with E-state index in [2.05, 4.69) is 21.4 Å². The lowest BCUT2D eigenvalue weighted by Crippen LogP contribution is -2.44. The van der Waals surface area contributed by atoms with Gasteiger partial charge in [0, 0.05) is 12.6 Å². The van der Waals surface area contributed by atoms with E-state index in [0.717, 1.165) is 53.5 Å². The van der Waals surface area contributed by atoms with Crippen molar-refractivity contribution >= 4 is 6.03 Å². The van der Waals surface area contributed by atoms with Gasteiger partial charge in [-0.3, -0.25) is 4.57 Å². The first-order valence-corrected chi connectivity index (χ1v) is 14.0. The molecule has 2 aromatic carbocycles. The molecule has 5 rings (SSSR count). The summed E-state index contributed by atoms with van der Waals surface area (Å²) in [5, 5.41) is 16.6. The van der Waals surface area contributed by atoms with Gasteiger partial charge in [-0.1, -0.05) is 6.07 Å². The number of hydrogen-bond acceptors (Lipinski definition) is 5. The average Bonchev–Trinajstić information content (AvgIpc) is 3.55. The minimum atomic E-state index is -4.62. The summed E-state index contributed by atoms with van der Waals surface area (Å²) < 4.78 is 44.4. The molecular formula is C31H32F3N7O2. The van der Waals surface area contributed by atoms with Crippen LogP contribution in [0.2, 0.25) is 0 Å². The van der Waals surface area contributed by atoms with Crippen LogP contribution < -0.4 is 11.0 Å². The summed E-state index contributed by atoms with van der Waals surface area (Å²) in [6.07, 6.45) is 0.264. The number of benzene rings is 2. The van der Waals surface area contributed by atoms with Gasteiger partial charge < -0.3 is 10.2 Å². The molecule has 4 aromatic rings. The van der Waals surface area contributed by atoms with Crippen LogP contribution >= 0.6 is 0 Å². The summed E-state index contributed by atoms with van der Waals surface area (Å²) in [5.41, 5.74) is 0.149. The normalized spacial score (nSPS) is 17.2. The van der Waals surface area contributed by atoms with Crippen LogP contribution in [0.15, 0.2) is 65.6 Å². The number of halogens is 3. The fourth-order valence-electron chi connectivity index (χ4n) is 5.83. The monoisotopic (exact) mass is 591 g/mol. The summed E-state index contributed by atoms with van der Waals surface area (Å²) >= 11 is 0. The van der Waals surface area contributed by atoms with Crippen LogP contribution in [0.1, 0.15) is 42.5 Å². The fraction of sp³-hybridized carbons (Fsp3) is 0.355. The third-order valence-corrected chi connectivity index (χ3v) is 7.84. The van der Waals surface area contributed by atoms with Crippen LogP contribution in [-0.2, 0) is 6.18 Å². The lowest BCUT2D eigenvalue weighted by molar-refractivity contribution is -0.137. The Morgan fingerprint density at radius 3 is 2.40 bits per heavy atom. The van der Waals surface area contributed by atoms with Crippen LogP contribution in [0.25, 0.3) is 22.8 Å². The highest BCUT2D eigenvalue weighted by Crippen LogP contribution is 2.32. The number of alkyl halides is 3. The number of amides is 1. The van der Waals surface area contributed by atoms with Crippen molar-refractivity contribution in [1.82, 2.24) is 29.1 Å². The third kappa shape index (κ3) is 6.12. The van der Waals surface area contributed by atoms with E-state index in [1.165, 1.54) is 23.0 Å². The number of nitriles is 1. The fourth-order valence-corrected chi connectivity index (χ4v) is 5.83. The molecule has 1 saturated carbocycles. The van der Waals surface area contributed by atoms with Crippen molar-refractivity contribution in [3.63, 3.8) is 0 Å². The van der Waals surface area contributed by atoms with Gasteiger partial charge in [0.2, 0.25) is 0 Å². The highest BCUT2D eigenvalue weighted by molar-refractivity contribution is 5.83. The molecule has 1 aliphatic rings. The zero-order chi connectivity index (χ0) is 30.9. The SMILES string of the molecule is Cc1c(-c2ccnn2-c2ccc(C#N)cc2)n(C(=O)NC2CCC(CN(C)C)CC2)c(=O)n1-c1cccc(C(F)(F)F)c1. The van der Waals surface area contributed by atoms with Crippen LogP contribution in [0.3, 0.4) is 0 Å². The maximum atomic E-state index is 14.0. The molecule has 1 fully saturated rings. The highest BCUT2D eigenvalue weighted by atomic mass is 19.4. The third-order valence-electron chi connectivity index (χ3n) is 7.84. The van der Waals surface area contributed by atoms with Crippen molar-refractivity contribution in [3.05, 3.63) is 88.1 Å². The molecule has 224 valence electrons. The molecule has 0 spiro atoms. The second-order valence-electron chi connectivity index (χ2n) is 11.2. The van der Waals surface area contributed by atoms with Crippen LogP contribution in [0.4, 0.5) is 18.0 Å². The maximum Gasteiger partial charge on any atom is 0.416 e. The number of rotatable bonds is 6. The molecule has 9 nitrogen and oxygen atoms in total. The minimum Gasteiger partial charge on any atom is -0.335 e. The van der Waals surface area contributed by atoms with Crippen molar-refractivity contribution in [2.24, 2.45) is 5.92 Å². The number of hydrogen-bond donors (Lipinski definition) is 1. The summed E-state index contributed by atoms with van der Waals surface area (Å²) in [6, 6.07) is 14.0. The molecule has 0 radical (unpaired) electrons. The molecule has 0 unspecified atom stereocenters. The molecule has 0 aliphatic heterocycles. The molecule has 2 heterocycles. The summed E-state index contributed by atoms with van der Waals surface area (Å²) in [7, 11) is 4.06. The van der Waals surface area contributed by atoms with Crippen molar-refractivity contribution in [2.45, 2.75) is 44.8 Å². The predicted molar refractivity (Wildman–Crippen MR) is 155 cm³/mol. The zero-order valence-corrected chi connectivity index (χ0v) is 24.1. The maximum absolute atomic E-state index is 14.0. The van der Waals surface area contributed by atoms with Crippen molar-refractivity contribution in [1.29, 1.82) is 5.26 Å². The molecular weight excluding hydrogens is 559 g/mol. The summed E-state index contributed by atoms with van der Waals surface area (Å²) in [4.78, 5) is 30.0. The Morgan fingerprint density at radius 1 is 1.07 bits per heavy atom. The van der Waals surface area contributed by atoms with Crippen molar-refractivity contribution in [2.75, 3.05) is 20.6 Å². The lowest BCUT2D eigenvalue weighted by atomic mass is 9.86. The largest absolute Gasteiger partial charge is 0.416 e.